The van der Waals surface area contributed by atoms with E-state index in [-0.39, 0.29) is 29.7 Å². The van der Waals surface area contributed by atoms with Crippen LogP contribution in [0.25, 0.3) is 0 Å². The van der Waals surface area contributed by atoms with Crippen molar-refractivity contribution in [3.8, 4) is 0 Å². The third-order valence-corrected chi connectivity index (χ3v) is 2.48. The maximum atomic E-state index is 10.8. The molecule has 0 radical (unpaired) electrons. The van der Waals surface area contributed by atoms with Crippen molar-refractivity contribution in [2.45, 2.75) is 25.4 Å². The van der Waals surface area contributed by atoms with Crippen LogP contribution >= 0.6 is 24.0 Å². The summed E-state index contributed by atoms with van der Waals surface area (Å²) in [6.07, 6.45) is 2.38. The molecule has 0 atom stereocenters. The number of furan rings is 1. The summed E-state index contributed by atoms with van der Waals surface area (Å²) in [5.41, 5.74) is 5.09. The Labute approximate surface area is 122 Å². The highest BCUT2D eigenvalue weighted by Gasteiger charge is 2.22. The highest BCUT2D eigenvalue weighted by atomic mass is 127. The predicted molar refractivity (Wildman–Crippen MR) is 79.0 cm³/mol. The molecule has 0 spiro atoms. The molecule has 1 aromatic rings. The number of halogens is 1. The molecule has 1 heterocycles. The molecule has 2 rings (SSSR count). The van der Waals surface area contributed by atoms with Gasteiger partial charge in [0.15, 0.2) is 11.7 Å². The summed E-state index contributed by atoms with van der Waals surface area (Å²) in [5, 5.41) is 6.35. The summed E-state index contributed by atoms with van der Waals surface area (Å²) < 4.78 is 5.24. The molecule has 1 aliphatic rings. The lowest BCUT2D eigenvalue weighted by molar-refractivity contribution is 0.0972. The van der Waals surface area contributed by atoms with Crippen LogP contribution in [-0.4, -0.2) is 25.0 Å². The Kier molecular flexibility index (Phi) is 5.45. The number of amides is 1. The summed E-state index contributed by atoms with van der Waals surface area (Å²) in [5.74, 6) is 1.01. The summed E-state index contributed by atoms with van der Waals surface area (Å²) in [7, 11) is 1.72. The highest BCUT2D eigenvalue weighted by molar-refractivity contribution is 14.0. The number of rotatable bonds is 4. The summed E-state index contributed by atoms with van der Waals surface area (Å²) in [6, 6.07) is 3.83. The average molecular weight is 364 g/mol. The second-order valence-corrected chi connectivity index (χ2v) is 3.97. The Bertz CT molecular complexity index is 440. The zero-order valence-corrected chi connectivity index (χ0v) is 12.4. The van der Waals surface area contributed by atoms with E-state index in [0.717, 1.165) is 5.96 Å². The molecule has 7 heteroatoms. The van der Waals surface area contributed by atoms with Gasteiger partial charge >= 0.3 is 0 Å². The summed E-state index contributed by atoms with van der Waals surface area (Å²) >= 11 is 0. The molecule has 0 aromatic carbocycles. The van der Waals surface area contributed by atoms with Crippen molar-refractivity contribution in [2.24, 2.45) is 10.7 Å². The van der Waals surface area contributed by atoms with Crippen LogP contribution in [0.15, 0.2) is 21.5 Å². The van der Waals surface area contributed by atoms with E-state index in [0.29, 0.717) is 18.3 Å². The molecule has 0 unspecified atom stereocenters. The molecule has 1 amide bonds. The monoisotopic (exact) mass is 364 g/mol. The van der Waals surface area contributed by atoms with E-state index in [1.54, 1.807) is 19.2 Å². The third kappa shape index (κ3) is 4.21. The summed E-state index contributed by atoms with van der Waals surface area (Å²) in [6.45, 7) is 0.472. The van der Waals surface area contributed by atoms with Crippen molar-refractivity contribution in [1.29, 1.82) is 0 Å². The number of carbonyl (C=O) groups excluding carboxylic acids is 1. The zero-order valence-electron chi connectivity index (χ0n) is 10.1. The smallest absolute Gasteiger partial charge is 0.284 e. The van der Waals surface area contributed by atoms with Gasteiger partial charge in [0.05, 0.1) is 6.54 Å². The van der Waals surface area contributed by atoms with Gasteiger partial charge in [-0.1, -0.05) is 0 Å². The number of carbonyl (C=O) groups is 1. The van der Waals surface area contributed by atoms with Crippen LogP contribution < -0.4 is 16.4 Å². The number of primary amides is 1. The number of hydrogen-bond donors (Lipinski definition) is 3. The van der Waals surface area contributed by atoms with Gasteiger partial charge in [0.1, 0.15) is 5.76 Å². The minimum atomic E-state index is -0.559. The Morgan fingerprint density at radius 2 is 2.28 bits per heavy atom. The van der Waals surface area contributed by atoms with Gasteiger partial charge in [0.25, 0.3) is 5.91 Å². The van der Waals surface area contributed by atoms with E-state index < -0.39 is 5.91 Å². The minimum absolute atomic E-state index is 0. The normalized spacial score (nSPS) is 14.8. The van der Waals surface area contributed by atoms with E-state index in [1.165, 1.54) is 12.8 Å². The first kappa shape index (κ1) is 14.8. The first-order valence-corrected chi connectivity index (χ1v) is 5.54. The van der Waals surface area contributed by atoms with Crippen molar-refractivity contribution in [3.05, 3.63) is 23.7 Å². The fourth-order valence-electron chi connectivity index (χ4n) is 1.39. The second-order valence-electron chi connectivity index (χ2n) is 3.97. The van der Waals surface area contributed by atoms with Crippen molar-refractivity contribution in [2.75, 3.05) is 7.05 Å². The van der Waals surface area contributed by atoms with E-state index in [9.17, 15) is 4.79 Å². The maximum Gasteiger partial charge on any atom is 0.284 e. The Morgan fingerprint density at radius 3 is 2.78 bits per heavy atom. The number of guanidine groups is 1. The first-order chi connectivity index (χ1) is 8.19. The maximum absolute atomic E-state index is 10.8. The van der Waals surface area contributed by atoms with Crippen LogP contribution in [0.5, 0.6) is 0 Å². The van der Waals surface area contributed by atoms with Crippen molar-refractivity contribution in [1.82, 2.24) is 10.6 Å². The molecule has 1 aromatic heterocycles. The second kappa shape index (κ2) is 6.62. The van der Waals surface area contributed by atoms with Gasteiger partial charge in [-0.15, -0.1) is 24.0 Å². The predicted octanol–water partition coefficient (Wildman–Crippen LogP) is 0.824. The quantitative estimate of drug-likeness (QED) is 0.419. The van der Waals surface area contributed by atoms with Crippen LogP contribution in [0.4, 0.5) is 0 Å². The zero-order chi connectivity index (χ0) is 12.3. The molecule has 100 valence electrons. The molecular formula is C11H17IN4O2. The van der Waals surface area contributed by atoms with E-state index >= 15 is 0 Å². The van der Waals surface area contributed by atoms with Crippen LogP contribution in [0.1, 0.15) is 29.2 Å². The summed E-state index contributed by atoms with van der Waals surface area (Å²) in [4.78, 5) is 14.9. The SMILES string of the molecule is CN=C(NCc1ccc(C(N)=O)o1)NC1CC1.I. The van der Waals surface area contributed by atoms with E-state index in [2.05, 4.69) is 15.6 Å². The molecule has 0 aliphatic heterocycles. The molecule has 6 nitrogen and oxygen atoms in total. The van der Waals surface area contributed by atoms with Gasteiger partial charge in [-0.25, -0.2) is 0 Å². The molecule has 0 bridgehead atoms. The number of nitrogens with two attached hydrogens (primary N) is 1. The topological polar surface area (TPSA) is 92.6 Å². The lowest BCUT2D eigenvalue weighted by Gasteiger charge is -2.09. The Hall–Kier alpha value is -1.25. The lowest BCUT2D eigenvalue weighted by Crippen LogP contribution is -2.37. The van der Waals surface area contributed by atoms with E-state index in [4.69, 9.17) is 10.2 Å². The fraction of sp³-hybridized carbons (Fsp3) is 0.455. The lowest BCUT2D eigenvalue weighted by atomic mass is 10.4. The number of nitrogens with one attached hydrogen (secondary N) is 2. The van der Waals surface area contributed by atoms with Gasteiger partial charge < -0.3 is 20.8 Å². The Morgan fingerprint density at radius 1 is 1.56 bits per heavy atom. The minimum Gasteiger partial charge on any atom is -0.454 e. The Balaban J connectivity index is 0.00000162. The van der Waals surface area contributed by atoms with Crippen LogP contribution in [-0.2, 0) is 6.54 Å². The van der Waals surface area contributed by atoms with Crippen molar-refractivity contribution >= 4 is 35.8 Å². The van der Waals surface area contributed by atoms with Crippen LogP contribution in [0.2, 0.25) is 0 Å². The fourth-order valence-corrected chi connectivity index (χ4v) is 1.39. The first-order valence-electron chi connectivity index (χ1n) is 5.54. The molecule has 1 saturated carbocycles. The highest BCUT2D eigenvalue weighted by Crippen LogP contribution is 2.18. The van der Waals surface area contributed by atoms with Gasteiger partial charge in [-0.2, -0.15) is 0 Å². The van der Waals surface area contributed by atoms with Gasteiger partial charge in [-0.3, -0.25) is 9.79 Å². The molecular weight excluding hydrogens is 347 g/mol. The van der Waals surface area contributed by atoms with Crippen molar-refractivity contribution < 1.29 is 9.21 Å². The largest absolute Gasteiger partial charge is 0.454 e. The molecule has 0 saturated heterocycles. The number of nitrogens with zero attached hydrogens (tertiary/aromatic N) is 1. The molecule has 18 heavy (non-hydrogen) atoms. The molecule has 1 aliphatic carbocycles. The van der Waals surface area contributed by atoms with Gasteiger partial charge in [0, 0.05) is 13.1 Å². The standard InChI is InChI=1S/C11H16N4O2.HI/c1-13-11(15-7-2-3-7)14-6-8-4-5-9(17-8)10(12)16;/h4-5,7H,2-3,6H2,1H3,(H2,12,16)(H2,13,14,15);1H. The number of hydrogen-bond acceptors (Lipinski definition) is 3. The van der Waals surface area contributed by atoms with Gasteiger partial charge in [-0.05, 0) is 25.0 Å². The van der Waals surface area contributed by atoms with E-state index in [1.807, 2.05) is 0 Å². The third-order valence-electron chi connectivity index (χ3n) is 2.48. The average Bonchev–Trinajstić information content (AvgIpc) is 2.99. The molecule has 1 fully saturated rings. The van der Waals surface area contributed by atoms with Gasteiger partial charge in [0.2, 0.25) is 0 Å². The van der Waals surface area contributed by atoms with Crippen LogP contribution in [0, 0.1) is 0 Å². The molecule has 4 N–H and O–H groups in total. The van der Waals surface area contributed by atoms with Crippen LogP contribution in [0.3, 0.4) is 0 Å². The number of aliphatic imine (C=N–C) groups is 1. The van der Waals surface area contributed by atoms with Crippen molar-refractivity contribution in [3.63, 3.8) is 0 Å².